The van der Waals surface area contributed by atoms with Gasteiger partial charge in [0.15, 0.2) is 0 Å². The van der Waals surface area contributed by atoms with Gasteiger partial charge in [-0.15, -0.1) is 0 Å². The second kappa shape index (κ2) is 8.04. The Morgan fingerprint density at radius 3 is 2.56 bits per heavy atom. The number of nitrogens with zero attached hydrogens (tertiary/aromatic N) is 2. The molecule has 7 heteroatoms. The van der Waals surface area contributed by atoms with Crippen LogP contribution in [0, 0.1) is 18.3 Å². The van der Waals surface area contributed by atoms with E-state index in [1.165, 1.54) is 6.92 Å². The van der Waals surface area contributed by atoms with Gasteiger partial charge in [0, 0.05) is 0 Å². The predicted molar refractivity (Wildman–Crippen MR) is 63.4 cm³/mol. The van der Waals surface area contributed by atoms with E-state index in [-0.39, 0.29) is 68.6 Å². The minimum absolute atomic E-state index is 0. The Morgan fingerprint density at radius 1 is 1.50 bits per heavy atom. The smallest absolute Gasteiger partial charge is 0.617 e. The van der Waals surface area contributed by atoms with Gasteiger partial charge in [-0.3, -0.25) is 0 Å². The molecule has 0 atom stereocenters. The van der Waals surface area contributed by atoms with Crippen molar-refractivity contribution in [1.82, 2.24) is 0 Å². The van der Waals surface area contributed by atoms with Crippen LogP contribution in [0.15, 0.2) is 0 Å². The normalized spacial score (nSPS) is 9.00. The van der Waals surface area contributed by atoms with Gasteiger partial charge >= 0.3 is 57.4 Å². The van der Waals surface area contributed by atoms with E-state index < -0.39 is 11.9 Å². The molecule has 5 nitrogen and oxygen atoms in total. The number of ether oxygens (including phenoxy) is 1. The summed E-state index contributed by atoms with van der Waals surface area (Å²) in [6.45, 7) is 4.89. The van der Waals surface area contributed by atoms with Crippen molar-refractivity contribution in [1.29, 1.82) is 5.26 Å². The Bertz CT molecular complexity index is 505. The molecule has 18 heavy (non-hydrogen) atoms. The van der Waals surface area contributed by atoms with Crippen LogP contribution in [-0.2, 0) is 9.53 Å². The number of thiophene rings is 1. The van der Waals surface area contributed by atoms with E-state index in [9.17, 15) is 9.59 Å². The zero-order chi connectivity index (χ0) is 13.0. The van der Waals surface area contributed by atoms with E-state index in [1.54, 1.807) is 13.8 Å². The fourth-order valence-electron chi connectivity index (χ4n) is 1.24. The van der Waals surface area contributed by atoms with Crippen molar-refractivity contribution >= 4 is 28.2 Å². The molecule has 0 N–H and O–H groups in total. The Labute approximate surface area is 152 Å². The Kier molecular flexibility index (Phi) is 7.94. The maximum absolute atomic E-state index is 11.6. The fraction of sp³-hybridized carbons (Fsp3) is 0.364. The molecule has 0 aromatic carbocycles. The Morgan fingerprint density at radius 2 is 2.11 bits per heavy atom. The molecule has 1 rings (SSSR count). The summed E-state index contributed by atoms with van der Waals surface area (Å²) in [6, 6.07) is 1.94. The third kappa shape index (κ3) is 4.15. The standard InChI is InChI=1S/C11H12N2O3S.K/c1-4-16-11(15)9-6(2)8(5-12)10(17-9)13-7(3)14;/h4H2,1-3H3,(H,13,14,15);/q;+1/p-1. The number of rotatable bonds is 3. The molecule has 0 bridgehead atoms. The SMILES string of the molecule is CCOC(=O)c1sc([N-]C(C)=O)c(C#N)c1C.[K+]. The van der Waals surface area contributed by atoms with E-state index in [0.717, 1.165) is 11.3 Å². The molecule has 0 fully saturated rings. The average Bonchev–Trinajstić information content (AvgIpc) is 2.54. The van der Waals surface area contributed by atoms with Crippen LogP contribution >= 0.6 is 11.3 Å². The third-order valence-electron chi connectivity index (χ3n) is 1.96. The quantitative estimate of drug-likeness (QED) is 0.563. The second-order valence-electron chi connectivity index (χ2n) is 3.20. The molecule has 0 unspecified atom stereocenters. The van der Waals surface area contributed by atoms with Crippen LogP contribution in [0.3, 0.4) is 0 Å². The summed E-state index contributed by atoms with van der Waals surface area (Å²) in [5, 5.41) is 12.9. The maximum Gasteiger partial charge on any atom is 1.00 e. The third-order valence-corrected chi connectivity index (χ3v) is 3.13. The molecule has 0 spiro atoms. The van der Waals surface area contributed by atoms with Gasteiger partial charge in [-0.1, -0.05) is 5.00 Å². The van der Waals surface area contributed by atoms with Gasteiger partial charge in [0.1, 0.15) is 4.88 Å². The summed E-state index contributed by atoms with van der Waals surface area (Å²) >= 11 is 1.00. The van der Waals surface area contributed by atoms with Crippen molar-refractivity contribution in [3.8, 4) is 6.07 Å². The molecule has 0 saturated heterocycles. The molecular formula is C11H11KN2O3S. The molecule has 0 aliphatic rings. The number of amides is 1. The monoisotopic (exact) mass is 290 g/mol. The first kappa shape index (κ1) is 17.8. The summed E-state index contributed by atoms with van der Waals surface area (Å²) in [7, 11) is 0. The minimum Gasteiger partial charge on any atom is -0.617 e. The summed E-state index contributed by atoms with van der Waals surface area (Å²) in [6.07, 6.45) is 0. The molecule has 0 saturated carbocycles. The molecule has 0 aliphatic carbocycles. The zero-order valence-electron chi connectivity index (χ0n) is 10.7. The van der Waals surface area contributed by atoms with Crippen molar-refractivity contribution in [3.63, 3.8) is 0 Å². The molecule has 1 aromatic heterocycles. The van der Waals surface area contributed by atoms with Gasteiger partial charge in [-0.05, 0) is 26.3 Å². The number of hydrogen-bond donors (Lipinski definition) is 0. The van der Waals surface area contributed by atoms with Crippen molar-refractivity contribution in [2.45, 2.75) is 20.8 Å². The molecule has 1 heterocycles. The summed E-state index contributed by atoms with van der Waals surface area (Å²) in [5.41, 5.74) is 0.768. The van der Waals surface area contributed by atoms with Gasteiger partial charge in [0.05, 0.1) is 24.1 Å². The molecule has 1 aromatic rings. The fourth-order valence-corrected chi connectivity index (χ4v) is 2.31. The van der Waals surface area contributed by atoms with Crippen LogP contribution in [-0.4, -0.2) is 18.5 Å². The maximum atomic E-state index is 11.6. The Hall–Kier alpha value is -0.234. The number of carbonyl (C=O) groups excluding carboxylic acids is 2. The van der Waals surface area contributed by atoms with Crippen LogP contribution in [0.25, 0.3) is 5.32 Å². The van der Waals surface area contributed by atoms with Gasteiger partial charge in [0.2, 0.25) is 0 Å². The van der Waals surface area contributed by atoms with Crippen LogP contribution in [0.1, 0.15) is 34.6 Å². The average molecular weight is 290 g/mol. The van der Waals surface area contributed by atoms with E-state index in [2.05, 4.69) is 5.32 Å². The second-order valence-corrected chi connectivity index (χ2v) is 4.20. The first-order valence-electron chi connectivity index (χ1n) is 4.94. The van der Waals surface area contributed by atoms with Crippen LogP contribution in [0.2, 0.25) is 0 Å². The van der Waals surface area contributed by atoms with E-state index in [0.29, 0.717) is 10.4 Å². The van der Waals surface area contributed by atoms with Gasteiger partial charge in [-0.25, -0.2) is 4.79 Å². The summed E-state index contributed by atoms with van der Waals surface area (Å²) < 4.78 is 4.86. The molecule has 1 amide bonds. The number of hydrogen-bond acceptors (Lipinski definition) is 5. The molecule has 0 aliphatic heterocycles. The first-order chi connectivity index (χ1) is 8.01. The molecular weight excluding hydrogens is 279 g/mol. The first-order valence-corrected chi connectivity index (χ1v) is 5.75. The predicted octanol–water partition coefficient (Wildman–Crippen LogP) is -0.339. The summed E-state index contributed by atoms with van der Waals surface area (Å²) in [5.74, 6) is -0.894. The number of esters is 1. The van der Waals surface area contributed by atoms with Crippen molar-refractivity contribution in [3.05, 3.63) is 21.3 Å². The zero-order valence-corrected chi connectivity index (χ0v) is 14.7. The Balaban J connectivity index is 0.00000289. The summed E-state index contributed by atoms with van der Waals surface area (Å²) in [4.78, 5) is 22.8. The van der Waals surface area contributed by atoms with Crippen molar-refractivity contribution < 1.29 is 65.7 Å². The van der Waals surface area contributed by atoms with E-state index in [1.807, 2.05) is 6.07 Å². The number of carbonyl (C=O) groups is 2. The van der Waals surface area contributed by atoms with Crippen molar-refractivity contribution in [2.24, 2.45) is 0 Å². The van der Waals surface area contributed by atoms with Gasteiger partial charge in [-0.2, -0.15) is 16.6 Å². The van der Waals surface area contributed by atoms with Crippen LogP contribution < -0.4 is 51.4 Å². The van der Waals surface area contributed by atoms with E-state index in [4.69, 9.17) is 10.00 Å². The van der Waals surface area contributed by atoms with Crippen LogP contribution in [0.5, 0.6) is 0 Å². The van der Waals surface area contributed by atoms with Gasteiger partial charge in [0.25, 0.3) is 0 Å². The largest absolute Gasteiger partial charge is 1.00 e. The topological polar surface area (TPSA) is 81.3 Å². The molecule has 0 radical (unpaired) electrons. The van der Waals surface area contributed by atoms with E-state index >= 15 is 0 Å². The van der Waals surface area contributed by atoms with Crippen molar-refractivity contribution in [2.75, 3.05) is 6.61 Å². The van der Waals surface area contributed by atoms with Gasteiger partial charge < -0.3 is 14.8 Å². The minimum atomic E-state index is -0.489. The number of nitriles is 1. The van der Waals surface area contributed by atoms with Crippen LogP contribution in [0.4, 0.5) is 5.00 Å². The molecule has 90 valence electrons.